The number of nitrogens with one attached hydrogen (secondary N) is 2. The fourth-order valence-electron chi connectivity index (χ4n) is 2.42. The number of rotatable bonds is 7. The van der Waals surface area contributed by atoms with Gasteiger partial charge in [0.2, 0.25) is 15.9 Å². The van der Waals surface area contributed by atoms with Gasteiger partial charge in [0.1, 0.15) is 17.1 Å². The van der Waals surface area contributed by atoms with Gasteiger partial charge in [0.05, 0.1) is 17.7 Å². The summed E-state index contributed by atoms with van der Waals surface area (Å²) in [5.41, 5.74) is 1.81. The Bertz CT molecular complexity index is 1060. The second-order valence-electron chi connectivity index (χ2n) is 5.99. The maximum absolute atomic E-state index is 12.3. The van der Waals surface area contributed by atoms with Crippen LogP contribution in [0.2, 0.25) is 0 Å². The molecule has 2 heterocycles. The Morgan fingerprint density at radius 1 is 1.18 bits per heavy atom. The minimum Gasteiger partial charge on any atom is -0.468 e. The first-order valence-electron chi connectivity index (χ1n) is 8.39. The molecule has 0 saturated heterocycles. The number of anilines is 1. The van der Waals surface area contributed by atoms with Crippen molar-refractivity contribution in [1.29, 1.82) is 0 Å². The first kappa shape index (κ1) is 19.6. The van der Waals surface area contributed by atoms with E-state index in [-0.39, 0.29) is 17.3 Å². The van der Waals surface area contributed by atoms with Crippen LogP contribution in [0, 0.1) is 13.8 Å². The van der Waals surface area contributed by atoms with Crippen molar-refractivity contribution in [2.75, 3.05) is 5.32 Å². The molecule has 0 saturated carbocycles. The van der Waals surface area contributed by atoms with Crippen LogP contribution in [0.3, 0.4) is 0 Å². The quantitative estimate of drug-likeness (QED) is 0.588. The van der Waals surface area contributed by atoms with Crippen molar-refractivity contribution in [2.24, 2.45) is 0 Å². The number of aryl methyl sites for hydroxylation is 2. The lowest BCUT2D eigenvalue weighted by Gasteiger charge is -2.05. The highest BCUT2D eigenvalue weighted by Crippen LogP contribution is 2.18. The molecule has 0 aliphatic heterocycles. The first-order chi connectivity index (χ1) is 13.3. The number of sulfonamides is 1. The zero-order chi connectivity index (χ0) is 20.1. The lowest BCUT2D eigenvalue weighted by atomic mass is 10.2. The zero-order valence-corrected chi connectivity index (χ0v) is 16.1. The molecule has 9 heteroatoms. The van der Waals surface area contributed by atoms with Crippen LogP contribution in [0.25, 0.3) is 6.08 Å². The maximum Gasteiger partial charge on any atom is 0.248 e. The van der Waals surface area contributed by atoms with E-state index in [1.807, 2.05) is 0 Å². The summed E-state index contributed by atoms with van der Waals surface area (Å²) in [7, 11) is -3.66. The Hall–Kier alpha value is -3.17. The van der Waals surface area contributed by atoms with Crippen molar-refractivity contribution >= 4 is 27.7 Å². The SMILES string of the molecule is Cc1noc(C)c1NC(=O)/C=C/c1ccc(S(=O)(=O)NCc2ccco2)cc1. The Labute approximate surface area is 162 Å². The molecule has 8 nitrogen and oxygen atoms in total. The number of amides is 1. The molecule has 28 heavy (non-hydrogen) atoms. The van der Waals surface area contributed by atoms with Crippen LogP contribution in [0.15, 0.2) is 62.6 Å². The van der Waals surface area contributed by atoms with Crippen molar-refractivity contribution in [3.8, 4) is 0 Å². The van der Waals surface area contributed by atoms with Gasteiger partial charge in [-0.15, -0.1) is 0 Å². The molecular formula is C19H19N3O5S. The summed E-state index contributed by atoms with van der Waals surface area (Å²) in [6.07, 6.45) is 4.41. The van der Waals surface area contributed by atoms with Crippen molar-refractivity contribution in [3.05, 3.63) is 71.5 Å². The van der Waals surface area contributed by atoms with Gasteiger partial charge in [0, 0.05) is 6.08 Å². The van der Waals surface area contributed by atoms with Crippen molar-refractivity contribution in [2.45, 2.75) is 25.3 Å². The Morgan fingerprint density at radius 3 is 2.54 bits per heavy atom. The molecule has 0 unspecified atom stereocenters. The first-order valence-corrected chi connectivity index (χ1v) is 9.87. The summed E-state index contributed by atoms with van der Waals surface area (Å²) >= 11 is 0. The molecule has 146 valence electrons. The Kier molecular flexibility index (Phi) is 5.76. The van der Waals surface area contributed by atoms with Crippen molar-refractivity contribution in [3.63, 3.8) is 0 Å². The minimum atomic E-state index is -3.66. The highest BCUT2D eigenvalue weighted by atomic mass is 32.2. The molecule has 0 radical (unpaired) electrons. The average molecular weight is 401 g/mol. The average Bonchev–Trinajstić information content (AvgIpc) is 3.31. The molecule has 0 spiro atoms. The van der Waals surface area contributed by atoms with Gasteiger partial charge in [-0.2, -0.15) is 0 Å². The number of benzene rings is 1. The van der Waals surface area contributed by atoms with E-state index in [0.29, 0.717) is 28.5 Å². The van der Waals surface area contributed by atoms with E-state index in [2.05, 4.69) is 15.2 Å². The van der Waals surface area contributed by atoms with E-state index in [9.17, 15) is 13.2 Å². The maximum atomic E-state index is 12.3. The van der Waals surface area contributed by atoms with Gasteiger partial charge in [-0.1, -0.05) is 17.3 Å². The van der Waals surface area contributed by atoms with Gasteiger partial charge in [0.25, 0.3) is 0 Å². The van der Waals surface area contributed by atoms with E-state index in [1.165, 1.54) is 24.5 Å². The van der Waals surface area contributed by atoms with Crippen LogP contribution >= 0.6 is 0 Å². The third-order valence-corrected chi connectivity index (χ3v) is 5.33. The fourth-order valence-corrected chi connectivity index (χ4v) is 3.41. The summed E-state index contributed by atoms with van der Waals surface area (Å²) < 4.78 is 37.2. The number of nitrogens with zero attached hydrogens (tertiary/aromatic N) is 1. The number of furan rings is 1. The smallest absolute Gasteiger partial charge is 0.248 e. The third kappa shape index (κ3) is 4.76. The molecule has 3 aromatic rings. The number of hydrogen-bond acceptors (Lipinski definition) is 6. The van der Waals surface area contributed by atoms with Crippen LogP contribution in [0.5, 0.6) is 0 Å². The van der Waals surface area contributed by atoms with E-state index in [1.54, 1.807) is 44.2 Å². The molecule has 2 aromatic heterocycles. The van der Waals surface area contributed by atoms with Crippen LogP contribution in [-0.4, -0.2) is 19.5 Å². The summed E-state index contributed by atoms with van der Waals surface area (Å²) in [4.78, 5) is 12.2. The number of aromatic nitrogens is 1. The van der Waals surface area contributed by atoms with Gasteiger partial charge in [-0.05, 0) is 49.8 Å². The lowest BCUT2D eigenvalue weighted by Crippen LogP contribution is -2.22. The largest absolute Gasteiger partial charge is 0.468 e. The van der Waals surface area contributed by atoms with Gasteiger partial charge in [-0.3, -0.25) is 4.79 Å². The molecule has 1 aromatic carbocycles. The third-order valence-electron chi connectivity index (χ3n) is 3.92. The molecule has 0 atom stereocenters. The van der Waals surface area contributed by atoms with E-state index in [0.717, 1.165) is 0 Å². The molecule has 1 amide bonds. The van der Waals surface area contributed by atoms with Crippen molar-refractivity contribution < 1.29 is 22.2 Å². The second kappa shape index (κ2) is 8.24. The molecule has 0 aliphatic carbocycles. The Balaban J connectivity index is 1.62. The number of carbonyl (C=O) groups is 1. The molecule has 0 bridgehead atoms. The fraction of sp³-hybridized carbons (Fsp3) is 0.158. The molecule has 2 N–H and O–H groups in total. The van der Waals surface area contributed by atoms with Crippen molar-refractivity contribution in [1.82, 2.24) is 9.88 Å². The van der Waals surface area contributed by atoms with E-state index < -0.39 is 10.0 Å². The normalized spacial score (nSPS) is 11.8. The van der Waals surface area contributed by atoms with Crippen LogP contribution in [0.4, 0.5) is 5.69 Å². The van der Waals surface area contributed by atoms with Gasteiger partial charge < -0.3 is 14.3 Å². The highest BCUT2D eigenvalue weighted by Gasteiger charge is 2.14. The monoisotopic (exact) mass is 401 g/mol. The second-order valence-corrected chi connectivity index (χ2v) is 7.76. The highest BCUT2D eigenvalue weighted by molar-refractivity contribution is 7.89. The van der Waals surface area contributed by atoms with Crippen LogP contribution in [0.1, 0.15) is 22.8 Å². The van der Waals surface area contributed by atoms with E-state index >= 15 is 0 Å². The summed E-state index contributed by atoms with van der Waals surface area (Å²) in [6.45, 7) is 3.51. The van der Waals surface area contributed by atoms with Gasteiger partial charge >= 0.3 is 0 Å². The summed E-state index contributed by atoms with van der Waals surface area (Å²) in [5, 5.41) is 6.47. The summed E-state index contributed by atoms with van der Waals surface area (Å²) in [6, 6.07) is 9.53. The molecule has 0 fully saturated rings. The minimum absolute atomic E-state index is 0.0683. The van der Waals surface area contributed by atoms with Gasteiger partial charge in [-0.25, -0.2) is 13.1 Å². The standard InChI is InChI=1S/C19H19N3O5S/c1-13-19(14(2)27-22-13)21-18(23)10-7-15-5-8-17(9-6-15)28(24,25)20-12-16-4-3-11-26-16/h3-11,20H,12H2,1-2H3,(H,21,23)/b10-7+. The van der Waals surface area contributed by atoms with Crippen LogP contribution < -0.4 is 10.0 Å². The van der Waals surface area contributed by atoms with E-state index in [4.69, 9.17) is 8.94 Å². The predicted octanol–water partition coefficient (Wildman–Crippen LogP) is 3.01. The molecule has 0 aliphatic rings. The molecular weight excluding hydrogens is 382 g/mol. The summed E-state index contributed by atoms with van der Waals surface area (Å²) in [5.74, 6) is 0.703. The predicted molar refractivity (Wildman–Crippen MR) is 103 cm³/mol. The zero-order valence-electron chi connectivity index (χ0n) is 15.3. The topological polar surface area (TPSA) is 114 Å². The molecule has 3 rings (SSSR count). The van der Waals surface area contributed by atoms with Gasteiger partial charge in [0.15, 0.2) is 5.76 Å². The van der Waals surface area contributed by atoms with Crippen LogP contribution in [-0.2, 0) is 21.4 Å². The number of hydrogen-bond donors (Lipinski definition) is 2. The lowest BCUT2D eigenvalue weighted by molar-refractivity contribution is -0.111. The Morgan fingerprint density at radius 2 is 1.93 bits per heavy atom. The number of carbonyl (C=O) groups excluding carboxylic acids is 1.